The van der Waals surface area contributed by atoms with Crippen LogP contribution in [0.5, 0.6) is 0 Å². The topological polar surface area (TPSA) is 320 Å². The number of nitro groups is 2. The molecule has 176 valence electrons. The van der Waals surface area contributed by atoms with Gasteiger partial charge < -0.3 is 56.5 Å². The van der Waals surface area contributed by atoms with Crippen molar-refractivity contribution in [2.75, 3.05) is 26.3 Å². The number of aliphatic hydroxyl groups excluding tert-OH is 10. The third kappa shape index (κ3) is 13.2. The third-order valence-electron chi connectivity index (χ3n) is 3.32. The Hall–Kier alpha value is -1.64. The number of hydrogen-bond donors (Lipinski definition) is 10. The molecule has 0 aromatic rings. The van der Waals surface area contributed by atoms with Gasteiger partial charge in [0.15, 0.2) is 0 Å². The number of hydrogen-bond acceptors (Lipinski definition) is 14. The molecule has 17 nitrogen and oxygen atoms in total. The van der Waals surface area contributed by atoms with E-state index in [1.54, 1.807) is 0 Å². The van der Waals surface area contributed by atoms with Crippen molar-refractivity contribution in [3.63, 3.8) is 0 Å². The normalized spacial score (nSPS) is 19.1. The van der Waals surface area contributed by atoms with Crippen molar-refractivity contribution in [1.29, 1.82) is 0 Å². The Bertz CT molecular complexity index is 415. The van der Waals surface area contributed by atoms with E-state index in [1.807, 2.05) is 0 Å². The maximum atomic E-state index is 9.92. The van der Waals surface area contributed by atoms with Crippen LogP contribution in [0.25, 0.3) is 0 Å². The van der Waals surface area contributed by atoms with Gasteiger partial charge in [0.05, 0.1) is 13.2 Å². The van der Waals surface area contributed by atoms with Crippen molar-refractivity contribution in [2.24, 2.45) is 0 Å². The molecule has 0 radical (unpaired) electrons. The molecular formula is C12H28N2O15. The van der Waals surface area contributed by atoms with Crippen LogP contribution in [-0.4, -0.2) is 142 Å². The van der Waals surface area contributed by atoms with Crippen LogP contribution < -0.4 is 0 Å². The highest BCUT2D eigenvalue weighted by molar-refractivity contribution is 4.80. The third-order valence-corrected chi connectivity index (χ3v) is 3.32. The van der Waals surface area contributed by atoms with E-state index in [-0.39, 0.29) is 5.48 Å². The molecule has 0 heterocycles. The Labute approximate surface area is 162 Å². The molecule has 0 spiro atoms. The summed E-state index contributed by atoms with van der Waals surface area (Å²) in [6.45, 7) is -3.53. The van der Waals surface area contributed by atoms with E-state index in [2.05, 4.69) is 0 Å². The maximum Gasteiger partial charge on any atom is 0.232 e. The molecule has 12 N–H and O–H groups in total. The average Bonchev–Trinajstić information content (AvgIpc) is 2.63. The van der Waals surface area contributed by atoms with Crippen LogP contribution in [0.15, 0.2) is 0 Å². The predicted molar refractivity (Wildman–Crippen MR) is 89.6 cm³/mol. The minimum Gasteiger partial charge on any atom is -0.412 e. The second-order valence-corrected chi connectivity index (χ2v) is 5.63. The maximum absolute atomic E-state index is 9.92. The van der Waals surface area contributed by atoms with E-state index in [4.69, 9.17) is 51.1 Å². The minimum atomic E-state index is -1.87. The minimum absolute atomic E-state index is 0. The molecule has 17 heteroatoms. The van der Waals surface area contributed by atoms with Crippen LogP contribution in [0, 0.1) is 20.2 Å². The van der Waals surface area contributed by atoms with Gasteiger partial charge in [-0.3, -0.25) is 20.2 Å². The molecular weight excluding hydrogens is 412 g/mol. The van der Waals surface area contributed by atoms with Gasteiger partial charge in [0, 0.05) is 9.85 Å². The quantitative estimate of drug-likeness (QED) is 0.0995. The second kappa shape index (κ2) is 16.2. The number of rotatable bonds is 12. The van der Waals surface area contributed by atoms with Crippen molar-refractivity contribution in [1.82, 2.24) is 0 Å². The summed E-state index contributed by atoms with van der Waals surface area (Å²) in [6, 6.07) is 0. The van der Waals surface area contributed by atoms with Crippen molar-refractivity contribution < 1.29 is 66.4 Å². The summed E-state index contributed by atoms with van der Waals surface area (Å²) in [4.78, 5) is 18.1. The Morgan fingerprint density at radius 2 is 0.759 bits per heavy atom. The molecule has 8 atom stereocenters. The van der Waals surface area contributed by atoms with Gasteiger partial charge in [-0.1, -0.05) is 0 Å². The fourth-order valence-electron chi connectivity index (χ4n) is 1.65. The number of nitrogens with zero attached hydrogens (tertiary/aromatic N) is 2. The summed E-state index contributed by atoms with van der Waals surface area (Å²) in [6.07, 6.45) is -14.3. The van der Waals surface area contributed by atoms with Gasteiger partial charge in [0.1, 0.15) is 48.8 Å². The average molecular weight is 440 g/mol. The van der Waals surface area contributed by atoms with Gasteiger partial charge in [-0.15, -0.1) is 0 Å². The Morgan fingerprint density at radius 1 is 0.552 bits per heavy atom. The van der Waals surface area contributed by atoms with Gasteiger partial charge in [-0.05, 0) is 0 Å². The zero-order chi connectivity index (χ0) is 22.6. The first-order valence-corrected chi connectivity index (χ1v) is 7.69. The summed E-state index contributed by atoms with van der Waals surface area (Å²) >= 11 is 0. The highest BCUT2D eigenvalue weighted by Gasteiger charge is 2.33. The molecule has 0 aliphatic rings. The Balaban J connectivity index is -0.000000451. The fraction of sp³-hybridized carbons (Fsp3) is 1.00. The first-order valence-electron chi connectivity index (χ1n) is 7.69. The molecule has 0 saturated heterocycles. The standard InChI is InChI=1S/2C6H13NO7.H2O/c2*8-2-4(10)6(12)5(11)3(9)1-7(13)14;/h2*3-6,8-12H,1-2H2;1H2. The van der Waals surface area contributed by atoms with Crippen LogP contribution in [0.2, 0.25) is 0 Å². The van der Waals surface area contributed by atoms with Gasteiger partial charge in [0.2, 0.25) is 13.1 Å². The molecule has 0 rings (SSSR count). The zero-order valence-electron chi connectivity index (χ0n) is 14.9. The van der Waals surface area contributed by atoms with Crippen LogP contribution >= 0.6 is 0 Å². The molecule has 8 unspecified atom stereocenters. The van der Waals surface area contributed by atoms with Crippen molar-refractivity contribution in [3.8, 4) is 0 Å². The van der Waals surface area contributed by atoms with E-state index in [9.17, 15) is 20.2 Å². The van der Waals surface area contributed by atoms with E-state index in [0.717, 1.165) is 0 Å². The van der Waals surface area contributed by atoms with E-state index in [1.165, 1.54) is 0 Å². The molecule has 0 amide bonds. The van der Waals surface area contributed by atoms with Crippen LogP contribution in [0.3, 0.4) is 0 Å². The monoisotopic (exact) mass is 440 g/mol. The lowest BCUT2D eigenvalue weighted by atomic mass is 10.0. The summed E-state index contributed by atoms with van der Waals surface area (Å²) in [5.74, 6) is 0. The summed E-state index contributed by atoms with van der Waals surface area (Å²) in [7, 11) is 0. The smallest absolute Gasteiger partial charge is 0.232 e. The zero-order valence-corrected chi connectivity index (χ0v) is 14.9. The molecule has 0 aromatic carbocycles. The molecule has 0 bridgehead atoms. The fourth-order valence-corrected chi connectivity index (χ4v) is 1.65. The summed E-state index contributed by atoms with van der Waals surface area (Å²) in [5.41, 5.74) is 0. The molecule has 0 aliphatic carbocycles. The lowest BCUT2D eigenvalue weighted by molar-refractivity contribution is -0.493. The largest absolute Gasteiger partial charge is 0.412 e. The van der Waals surface area contributed by atoms with Gasteiger partial charge in [-0.25, -0.2) is 0 Å². The number of aliphatic hydroxyl groups is 10. The van der Waals surface area contributed by atoms with E-state index < -0.39 is 85.0 Å². The lowest BCUT2D eigenvalue weighted by Gasteiger charge is -2.23. The molecule has 0 aliphatic heterocycles. The van der Waals surface area contributed by atoms with Crippen LogP contribution in [0.1, 0.15) is 0 Å². The SMILES string of the molecule is O.O=[N+]([O-])CC(O)C(O)C(O)C(O)CO.O=[N+]([O-])CC(O)C(O)C(O)C(O)CO. The highest BCUT2D eigenvalue weighted by Crippen LogP contribution is 2.06. The molecule has 0 saturated carbocycles. The van der Waals surface area contributed by atoms with Gasteiger partial charge >= 0.3 is 0 Å². The molecule has 0 aromatic heterocycles. The first kappa shape index (κ1) is 32.0. The summed E-state index contributed by atoms with van der Waals surface area (Å²) < 4.78 is 0. The van der Waals surface area contributed by atoms with Crippen LogP contribution in [-0.2, 0) is 0 Å². The first-order chi connectivity index (χ1) is 12.8. The molecule has 29 heavy (non-hydrogen) atoms. The molecule has 0 fully saturated rings. The van der Waals surface area contributed by atoms with E-state index >= 15 is 0 Å². The van der Waals surface area contributed by atoms with E-state index in [0.29, 0.717) is 0 Å². The predicted octanol–water partition coefficient (Wildman–Crippen LogP) is -7.43. The van der Waals surface area contributed by atoms with Crippen molar-refractivity contribution in [2.45, 2.75) is 48.8 Å². The second-order valence-electron chi connectivity index (χ2n) is 5.63. The summed E-state index contributed by atoms with van der Waals surface area (Å²) in [5, 5.41) is 108. The van der Waals surface area contributed by atoms with Crippen molar-refractivity contribution in [3.05, 3.63) is 20.2 Å². The van der Waals surface area contributed by atoms with Gasteiger partial charge in [0.25, 0.3) is 0 Å². The van der Waals surface area contributed by atoms with Crippen LogP contribution in [0.4, 0.5) is 0 Å². The Kier molecular flexibility index (Phi) is 17.9. The Morgan fingerprint density at radius 3 is 0.931 bits per heavy atom. The highest BCUT2D eigenvalue weighted by atomic mass is 16.6. The van der Waals surface area contributed by atoms with Gasteiger partial charge in [-0.2, -0.15) is 0 Å². The lowest BCUT2D eigenvalue weighted by Crippen LogP contribution is -2.47. The van der Waals surface area contributed by atoms with Crippen molar-refractivity contribution >= 4 is 0 Å².